The van der Waals surface area contributed by atoms with Crippen LogP contribution in [0, 0.1) is 16.9 Å². The van der Waals surface area contributed by atoms with Gasteiger partial charge in [-0.3, -0.25) is 9.78 Å². The van der Waals surface area contributed by atoms with E-state index in [0.29, 0.717) is 0 Å². The van der Waals surface area contributed by atoms with Crippen molar-refractivity contribution < 1.29 is 30.0 Å². The molecule has 247 valence electrons. The van der Waals surface area contributed by atoms with Crippen LogP contribution < -0.4 is 0 Å². The zero-order valence-electron chi connectivity index (χ0n) is 29.7. The zero-order valence-corrected chi connectivity index (χ0v) is 32.1. The molecule has 0 saturated heterocycles. The van der Waals surface area contributed by atoms with Gasteiger partial charge in [-0.1, -0.05) is 148 Å². The number of allylic oxidation sites excluding steroid dienone is 2. The summed E-state index contributed by atoms with van der Waals surface area (Å²) in [4.78, 5) is 16.8. The molecule has 0 fully saturated rings. The van der Waals surface area contributed by atoms with Crippen molar-refractivity contribution >= 4 is 27.5 Å². The van der Waals surface area contributed by atoms with Gasteiger partial charge in [0, 0.05) is 53.5 Å². The number of rotatable bonds is 2. The van der Waals surface area contributed by atoms with Gasteiger partial charge >= 0.3 is 0 Å². The fourth-order valence-electron chi connectivity index (χ4n) is 6.23. The van der Waals surface area contributed by atoms with Crippen LogP contribution in [0.5, 0.6) is 0 Å². The summed E-state index contributed by atoms with van der Waals surface area (Å²) in [5.41, 5.74) is 8.97. The molecule has 1 heterocycles. The summed E-state index contributed by atoms with van der Waals surface area (Å²) >= 11 is 0. The molecule has 0 amide bonds. The van der Waals surface area contributed by atoms with Crippen molar-refractivity contribution in [2.24, 2.45) is 10.8 Å². The van der Waals surface area contributed by atoms with Gasteiger partial charge in [-0.2, -0.15) is 0 Å². The summed E-state index contributed by atoms with van der Waals surface area (Å²) in [5, 5.41) is 13.2. The van der Waals surface area contributed by atoms with E-state index in [9.17, 15) is 9.90 Å². The molecule has 5 aromatic rings. The first-order valence-electron chi connectivity index (χ1n) is 16.3. The second-order valence-electron chi connectivity index (χ2n) is 16.2. The molecule has 0 aliphatic heterocycles. The first-order valence-corrected chi connectivity index (χ1v) is 16.3. The van der Waals surface area contributed by atoms with Crippen molar-refractivity contribution in [2.75, 3.05) is 0 Å². The summed E-state index contributed by atoms with van der Waals surface area (Å²) in [6, 6.07) is 32.1. The van der Waals surface area contributed by atoms with E-state index in [0.717, 1.165) is 22.2 Å². The van der Waals surface area contributed by atoms with Gasteiger partial charge in [-0.15, -0.1) is 29.1 Å². The average molecular weight is 803 g/mol. The van der Waals surface area contributed by atoms with Crippen molar-refractivity contribution in [3.05, 3.63) is 113 Å². The van der Waals surface area contributed by atoms with Crippen molar-refractivity contribution in [2.45, 2.75) is 87.0 Å². The van der Waals surface area contributed by atoms with Gasteiger partial charge in [0.05, 0.1) is 5.52 Å². The second kappa shape index (κ2) is 12.8. The van der Waals surface area contributed by atoms with Crippen molar-refractivity contribution in [3.8, 4) is 22.4 Å². The van der Waals surface area contributed by atoms with Gasteiger partial charge < -0.3 is 5.11 Å². The smallest absolute Gasteiger partial charge is 0.164 e. The van der Waals surface area contributed by atoms with Crippen LogP contribution in [0.2, 0.25) is 0 Å². The third-order valence-electron chi connectivity index (χ3n) is 9.00. The Morgan fingerprint density at radius 1 is 0.787 bits per heavy atom. The maximum Gasteiger partial charge on any atom is 0.164 e. The monoisotopic (exact) mass is 803 g/mol. The van der Waals surface area contributed by atoms with E-state index in [-0.39, 0.29) is 47.9 Å². The van der Waals surface area contributed by atoms with E-state index in [2.05, 4.69) is 120 Å². The predicted molar refractivity (Wildman–Crippen MR) is 194 cm³/mol. The Morgan fingerprint density at radius 3 is 1.98 bits per heavy atom. The number of hydrogen-bond donors (Lipinski definition) is 1. The molecule has 1 aliphatic rings. The number of hydrogen-bond acceptors (Lipinski definition) is 3. The van der Waals surface area contributed by atoms with Gasteiger partial charge in [-0.25, -0.2) is 0 Å². The van der Waals surface area contributed by atoms with Crippen LogP contribution in [0.15, 0.2) is 90.7 Å². The van der Waals surface area contributed by atoms with Crippen LogP contribution in [-0.4, -0.2) is 15.9 Å². The van der Waals surface area contributed by atoms with E-state index < -0.39 is 5.41 Å². The zero-order chi connectivity index (χ0) is 33.8. The molecule has 0 unspecified atom stereocenters. The third kappa shape index (κ3) is 7.01. The van der Waals surface area contributed by atoms with E-state index in [1.807, 2.05) is 41.5 Å². The number of aliphatic hydroxyl groups excluding tert-OH is 1. The molecule has 0 spiro atoms. The molecule has 1 aliphatic carbocycles. The van der Waals surface area contributed by atoms with E-state index >= 15 is 0 Å². The summed E-state index contributed by atoms with van der Waals surface area (Å²) in [6.45, 7) is 22.7. The van der Waals surface area contributed by atoms with Crippen LogP contribution in [0.3, 0.4) is 0 Å². The largest absolute Gasteiger partial charge is 0.512 e. The second-order valence-corrected chi connectivity index (χ2v) is 16.2. The van der Waals surface area contributed by atoms with Gasteiger partial charge in [0.1, 0.15) is 5.76 Å². The van der Waals surface area contributed by atoms with Crippen molar-refractivity contribution in [1.29, 1.82) is 0 Å². The molecule has 6 rings (SSSR count). The van der Waals surface area contributed by atoms with Gasteiger partial charge in [0.25, 0.3) is 0 Å². The minimum absolute atomic E-state index is 0. The minimum Gasteiger partial charge on any atom is -0.512 e. The molecular weight excluding hydrogens is 755 g/mol. The standard InChI is InChI=1S/C32H28N.C11H20O2.Ir/c1-31(2,3)26-19-21(18-20-12-6-7-13-22(20)26)30-28-23-14-8-10-16-25(23)32(4,5)29(28)24-15-9-11-17-27(24)33-30;1-10(2,3)8(12)7-9(13)11(4,5)6;/h6-17,19H,1-5H3;7,12H,1-6H3;/q-1;;/b;8-7-;. The van der Waals surface area contributed by atoms with Gasteiger partial charge in [0.2, 0.25) is 0 Å². The molecule has 0 saturated carbocycles. The minimum atomic E-state index is -0.417. The molecule has 1 aromatic heterocycles. The number of aromatic nitrogens is 1. The average Bonchev–Trinajstić information content (AvgIpc) is 3.22. The fourth-order valence-corrected chi connectivity index (χ4v) is 6.23. The Bertz CT molecular complexity index is 2000. The number of para-hydroxylation sites is 1. The number of nitrogens with zero attached hydrogens (tertiary/aromatic N) is 1. The van der Waals surface area contributed by atoms with Crippen LogP contribution in [0.4, 0.5) is 0 Å². The molecule has 0 atom stereocenters. The Morgan fingerprint density at radius 2 is 1.36 bits per heavy atom. The Labute approximate surface area is 294 Å². The first-order chi connectivity index (χ1) is 21.3. The van der Waals surface area contributed by atoms with Crippen LogP contribution in [-0.2, 0) is 35.7 Å². The third-order valence-corrected chi connectivity index (χ3v) is 9.00. The number of pyridine rings is 1. The van der Waals surface area contributed by atoms with E-state index in [1.165, 1.54) is 44.7 Å². The quantitative estimate of drug-likeness (QED) is 0.110. The van der Waals surface area contributed by atoms with E-state index in [4.69, 9.17) is 4.98 Å². The summed E-state index contributed by atoms with van der Waals surface area (Å²) < 4.78 is 0. The van der Waals surface area contributed by atoms with Crippen LogP contribution in [0.25, 0.3) is 44.1 Å². The number of benzene rings is 4. The van der Waals surface area contributed by atoms with Gasteiger partial charge in [0.15, 0.2) is 5.78 Å². The summed E-state index contributed by atoms with van der Waals surface area (Å²) in [5.74, 6) is 0.104. The Balaban J connectivity index is 0.000000307. The molecule has 1 radical (unpaired) electrons. The summed E-state index contributed by atoms with van der Waals surface area (Å²) in [6.07, 6.45) is 1.33. The molecule has 4 heteroatoms. The van der Waals surface area contributed by atoms with Crippen LogP contribution in [0.1, 0.15) is 92.9 Å². The van der Waals surface area contributed by atoms with Crippen molar-refractivity contribution in [1.82, 2.24) is 4.98 Å². The van der Waals surface area contributed by atoms with Crippen molar-refractivity contribution in [3.63, 3.8) is 0 Å². The molecule has 3 nitrogen and oxygen atoms in total. The fraction of sp³-hybridized carbons (Fsp3) is 0.349. The van der Waals surface area contributed by atoms with Crippen LogP contribution >= 0.6 is 0 Å². The Kier molecular flexibility index (Phi) is 9.86. The molecule has 1 N–H and O–H groups in total. The molecule has 0 bridgehead atoms. The number of aliphatic hydroxyl groups is 1. The van der Waals surface area contributed by atoms with E-state index in [1.54, 1.807) is 0 Å². The Hall–Kier alpha value is -3.59. The summed E-state index contributed by atoms with van der Waals surface area (Å²) in [7, 11) is 0. The topological polar surface area (TPSA) is 50.2 Å². The SMILES string of the molecule is CC(C)(C)C(=O)/C=C(\O)C(C)(C)C.CC(C)(C)c1cc(-c2nc3ccccc3c3c2-c2ccccc2C3(C)C)[c-]c2ccccc12.[Ir]. The number of carbonyl (C=O) groups excluding carboxylic acids is 1. The van der Waals surface area contributed by atoms with Gasteiger partial charge in [-0.05, 0) is 33.7 Å². The molecule has 4 aromatic carbocycles. The number of fused-ring (bicyclic) bond motifs is 6. The molecule has 47 heavy (non-hydrogen) atoms. The number of ketones is 1. The normalized spacial score (nSPS) is 14.1. The first kappa shape index (κ1) is 36.2. The number of carbonyl (C=O) groups is 1. The maximum atomic E-state index is 11.5. The predicted octanol–water partition coefficient (Wildman–Crippen LogP) is 11.5. The molecular formula is C43H48IrNO2-. The maximum absolute atomic E-state index is 11.5.